The number of aromatic nitrogens is 2. The van der Waals surface area contributed by atoms with Crippen LogP contribution in [0.4, 0.5) is 0 Å². The zero-order valence-electron chi connectivity index (χ0n) is 19.1. The van der Waals surface area contributed by atoms with Crippen molar-refractivity contribution in [3.8, 4) is 5.88 Å². The van der Waals surface area contributed by atoms with E-state index in [4.69, 9.17) is 9.72 Å². The molecule has 2 unspecified atom stereocenters. The first-order chi connectivity index (χ1) is 14.6. The summed E-state index contributed by atoms with van der Waals surface area (Å²) in [5.41, 5.74) is 3.80. The van der Waals surface area contributed by atoms with E-state index in [2.05, 4.69) is 4.72 Å². The molecule has 0 aliphatic carbocycles. The third-order valence-corrected chi connectivity index (χ3v) is 6.64. The van der Waals surface area contributed by atoms with E-state index in [1.54, 1.807) is 17.5 Å². The van der Waals surface area contributed by atoms with Gasteiger partial charge in [0.25, 0.3) is 5.56 Å². The zero-order valence-corrected chi connectivity index (χ0v) is 19.9. The minimum atomic E-state index is -1.17. The van der Waals surface area contributed by atoms with E-state index in [9.17, 15) is 9.00 Å². The van der Waals surface area contributed by atoms with Gasteiger partial charge in [0.1, 0.15) is 12.3 Å². The molecule has 0 amide bonds. The third-order valence-electron chi connectivity index (χ3n) is 5.10. The molecule has 0 radical (unpaired) electrons. The largest absolute Gasteiger partial charge is 0.472 e. The third kappa shape index (κ3) is 5.40. The fourth-order valence-electron chi connectivity index (χ4n) is 3.23. The molecule has 3 aromatic rings. The fraction of sp³-hybridized carbons (Fsp3) is 0.417. The van der Waals surface area contributed by atoms with Gasteiger partial charge in [0.15, 0.2) is 0 Å². The van der Waals surface area contributed by atoms with E-state index in [0.29, 0.717) is 30.2 Å². The molecule has 0 saturated carbocycles. The smallest absolute Gasteiger partial charge is 0.264 e. The summed E-state index contributed by atoms with van der Waals surface area (Å²) in [5.74, 6) is 0.343. The predicted molar refractivity (Wildman–Crippen MR) is 126 cm³/mol. The maximum absolute atomic E-state index is 13.1. The first-order valence-electron chi connectivity index (χ1n) is 10.4. The van der Waals surface area contributed by atoms with E-state index < -0.39 is 11.0 Å². The van der Waals surface area contributed by atoms with E-state index in [1.807, 2.05) is 71.0 Å². The molecule has 7 heteroatoms. The molecule has 1 aromatic carbocycles. The lowest BCUT2D eigenvalue weighted by atomic mass is 10.0. The second-order valence-corrected chi connectivity index (χ2v) is 11.0. The Morgan fingerprint density at radius 1 is 1.19 bits per heavy atom. The van der Waals surface area contributed by atoms with Crippen molar-refractivity contribution in [1.29, 1.82) is 0 Å². The van der Waals surface area contributed by atoms with Crippen LogP contribution in [-0.2, 0) is 17.6 Å². The molecular formula is C24H31N3O3S. The van der Waals surface area contributed by atoms with E-state index in [-0.39, 0.29) is 16.2 Å². The molecule has 0 aliphatic rings. The van der Waals surface area contributed by atoms with E-state index in [1.165, 1.54) is 0 Å². The summed E-state index contributed by atoms with van der Waals surface area (Å²) in [6.07, 6.45) is 1.80. The van der Waals surface area contributed by atoms with Gasteiger partial charge >= 0.3 is 0 Å². The number of nitrogens with zero attached hydrogens (tertiary/aromatic N) is 2. The summed E-state index contributed by atoms with van der Waals surface area (Å²) in [7, 11) is -1.17. The number of hydrogen-bond acceptors (Lipinski definition) is 4. The number of aryl methyl sites for hydroxylation is 1. The average molecular weight is 442 g/mol. The van der Waals surface area contributed by atoms with Crippen LogP contribution in [0.5, 0.6) is 5.88 Å². The van der Waals surface area contributed by atoms with Gasteiger partial charge in [0.2, 0.25) is 5.88 Å². The van der Waals surface area contributed by atoms with Crippen molar-refractivity contribution in [2.45, 2.75) is 58.8 Å². The Morgan fingerprint density at radius 3 is 2.52 bits per heavy atom. The molecule has 0 saturated heterocycles. The van der Waals surface area contributed by atoms with Gasteiger partial charge in [-0.15, -0.1) is 0 Å². The lowest BCUT2D eigenvalue weighted by Crippen LogP contribution is -2.35. The Bertz CT molecular complexity index is 1150. The summed E-state index contributed by atoms with van der Waals surface area (Å²) >= 11 is 0. The molecule has 3 rings (SSSR count). The normalized spacial score (nSPS) is 13.9. The van der Waals surface area contributed by atoms with Gasteiger partial charge in [0.05, 0.1) is 21.3 Å². The number of pyridine rings is 1. The lowest BCUT2D eigenvalue weighted by Gasteiger charge is -2.21. The highest BCUT2D eigenvalue weighted by atomic mass is 32.2. The minimum absolute atomic E-state index is 0.00206. The number of hydrogen-bond donors (Lipinski definition) is 1. The van der Waals surface area contributed by atoms with Crippen LogP contribution in [0.25, 0.3) is 5.65 Å². The molecule has 31 heavy (non-hydrogen) atoms. The molecular weight excluding hydrogens is 410 g/mol. The van der Waals surface area contributed by atoms with Crippen LogP contribution in [0, 0.1) is 13.8 Å². The van der Waals surface area contributed by atoms with Crippen LogP contribution in [0.1, 0.15) is 55.9 Å². The van der Waals surface area contributed by atoms with Crippen molar-refractivity contribution in [2.24, 2.45) is 0 Å². The topological polar surface area (TPSA) is 72.7 Å². The van der Waals surface area contributed by atoms with Crippen LogP contribution < -0.4 is 15.0 Å². The molecule has 2 atom stereocenters. The molecule has 6 nitrogen and oxygen atoms in total. The molecule has 0 aliphatic heterocycles. The van der Waals surface area contributed by atoms with Gasteiger partial charge in [-0.3, -0.25) is 9.20 Å². The standard InChI is InChI=1S/C24H31N3O3S/c1-16-12-20(17(2)13-25-31(29)24(4,5)6)21-26-22(18(3)23(28)27(21)14-16)30-15-19-10-8-7-9-11-19/h7-12,14,17,25H,13,15H2,1-6H3. The van der Waals surface area contributed by atoms with Crippen LogP contribution >= 0.6 is 0 Å². The van der Waals surface area contributed by atoms with Gasteiger partial charge < -0.3 is 4.74 Å². The highest BCUT2D eigenvalue weighted by Crippen LogP contribution is 2.24. The Balaban J connectivity index is 1.96. The molecule has 0 fully saturated rings. The van der Waals surface area contributed by atoms with Crippen molar-refractivity contribution in [3.63, 3.8) is 0 Å². The van der Waals surface area contributed by atoms with Crippen LogP contribution in [0.15, 0.2) is 47.4 Å². The molecule has 0 spiro atoms. The van der Waals surface area contributed by atoms with Crippen LogP contribution in [0.3, 0.4) is 0 Å². The predicted octanol–water partition coefficient (Wildman–Crippen LogP) is 4.05. The number of fused-ring (bicyclic) bond motifs is 1. The number of ether oxygens (including phenoxy) is 1. The highest BCUT2D eigenvalue weighted by molar-refractivity contribution is 7.84. The average Bonchev–Trinajstić information content (AvgIpc) is 2.73. The van der Waals surface area contributed by atoms with Crippen LogP contribution in [-0.4, -0.2) is 24.9 Å². The molecule has 2 aromatic heterocycles. The fourth-order valence-corrected chi connectivity index (χ4v) is 4.07. The van der Waals surface area contributed by atoms with E-state index in [0.717, 1.165) is 16.7 Å². The highest BCUT2D eigenvalue weighted by Gasteiger charge is 2.22. The minimum Gasteiger partial charge on any atom is -0.472 e. The molecule has 0 bridgehead atoms. The Kier molecular flexibility index (Phi) is 6.96. The Hall–Kier alpha value is -2.51. The Morgan fingerprint density at radius 2 is 1.87 bits per heavy atom. The number of benzene rings is 1. The number of rotatable bonds is 7. The second-order valence-electron chi connectivity index (χ2n) is 8.92. The maximum atomic E-state index is 13.1. The van der Waals surface area contributed by atoms with Crippen molar-refractivity contribution in [1.82, 2.24) is 14.1 Å². The second kappa shape index (κ2) is 9.32. The summed E-state index contributed by atoms with van der Waals surface area (Å²) in [5, 5.41) is 0. The summed E-state index contributed by atoms with van der Waals surface area (Å²) in [6.45, 7) is 12.4. The maximum Gasteiger partial charge on any atom is 0.264 e. The van der Waals surface area contributed by atoms with Crippen molar-refractivity contribution in [3.05, 3.63) is 75.2 Å². The van der Waals surface area contributed by atoms with Gasteiger partial charge in [-0.25, -0.2) is 8.93 Å². The molecule has 1 N–H and O–H groups in total. The monoisotopic (exact) mass is 441 g/mol. The number of nitrogens with one attached hydrogen (secondary N) is 1. The first-order valence-corrected chi connectivity index (χ1v) is 11.6. The SMILES string of the molecule is Cc1cc(C(C)CNS(=O)C(C)(C)C)c2nc(OCc3ccccc3)c(C)c(=O)n2c1. The van der Waals surface area contributed by atoms with Crippen molar-refractivity contribution in [2.75, 3.05) is 6.54 Å². The summed E-state index contributed by atoms with van der Waals surface area (Å²) in [6, 6.07) is 11.8. The lowest BCUT2D eigenvalue weighted by molar-refractivity contribution is 0.291. The van der Waals surface area contributed by atoms with Gasteiger partial charge in [-0.05, 0) is 51.7 Å². The van der Waals surface area contributed by atoms with E-state index >= 15 is 0 Å². The van der Waals surface area contributed by atoms with Crippen LogP contribution in [0.2, 0.25) is 0 Å². The van der Waals surface area contributed by atoms with Crippen molar-refractivity contribution >= 4 is 16.6 Å². The zero-order chi connectivity index (χ0) is 22.8. The molecule has 166 valence electrons. The summed E-state index contributed by atoms with van der Waals surface area (Å²) < 4.78 is 22.7. The van der Waals surface area contributed by atoms with Gasteiger partial charge in [-0.2, -0.15) is 4.98 Å². The van der Waals surface area contributed by atoms with Gasteiger partial charge in [0, 0.05) is 18.3 Å². The quantitative estimate of drug-likeness (QED) is 0.600. The van der Waals surface area contributed by atoms with Gasteiger partial charge in [-0.1, -0.05) is 43.3 Å². The summed E-state index contributed by atoms with van der Waals surface area (Å²) in [4.78, 5) is 17.8. The van der Waals surface area contributed by atoms with Crippen molar-refractivity contribution < 1.29 is 8.95 Å². The first kappa shape index (κ1) is 23.2. The molecule has 2 heterocycles. The Labute approximate surface area is 186 Å².